The quantitative estimate of drug-likeness (QED) is 0.866. The summed E-state index contributed by atoms with van der Waals surface area (Å²) in [5.74, 6) is 2.05. The van der Waals surface area contributed by atoms with Crippen LogP contribution in [0.4, 0.5) is 17.6 Å². The van der Waals surface area contributed by atoms with Crippen molar-refractivity contribution >= 4 is 17.6 Å². The third-order valence-corrected chi connectivity index (χ3v) is 3.11. The molecular formula is C15H17N5. The van der Waals surface area contributed by atoms with Crippen LogP contribution in [-0.4, -0.2) is 28.0 Å². The Labute approximate surface area is 118 Å². The van der Waals surface area contributed by atoms with Crippen LogP contribution < -0.4 is 10.2 Å². The molecule has 1 aliphatic rings. The fourth-order valence-electron chi connectivity index (χ4n) is 2.14. The van der Waals surface area contributed by atoms with Gasteiger partial charge in [-0.25, -0.2) is 0 Å². The standard InChI is InChI=1S/C15H17N5/c1-12-16-14(18-13-8-4-2-5-9-13)19-15(17-12)20-10-6-3-7-11-20/h2-6,8-9H,7,10-11H2,1H3,(H,16,17,18,19). The van der Waals surface area contributed by atoms with Crippen molar-refractivity contribution in [2.75, 3.05) is 23.3 Å². The van der Waals surface area contributed by atoms with Gasteiger partial charge in [-0.1, -0.05) is 30.4 Å². The summed E-state index contributed by atoms with van der Waals surface area (Å²) in [5, 5.41) is 3.22. The number of anilines is 3. The first-order chi connectivity index (χ1) is 9.81. The first kappa shape index (κ1) is 12.6. The maximum atomic E-state index is 4.51. The lowest BCUT2D eigenvalue weighted by Crippen LogP contribution is -2.29. The monoisotopic (exact) mass is 267 g/mol. The lowest BCUT2D eigenvalue weighted by atomic mass is 10.3. The van der Waals surface area contributed by atoms with E-state index in [-0.39, 0.29) is 0 Å². The molecule has 20 heavy (non-hydrogen) atoms. The normalized spacial score (nSPS) is 14.3. The minimum absolute atomic E-state index is 0.591. The Morgan fingerprint density at radius 1 is 1.05 bits per heavy atom. The van der Waals surface area contributed by atoms with E-state index in [4.69, 9.17) is 0 Å². The molecule has 0 atom stereocenters. The van der Waals surface area contributed by atoms with Crippen LogP contribution in [0.3, 0.4) is 0 Å². The molecule has 0 bridgehead atoms. The zero-order chi connectivity index (χ0) is 13.8. The number of aryl methyl sites for hydroxylation is 1. The van der Waals surface area contributed by atoms with Crippen LogP contribution in [0.15, 0.2) is 42.5 Å². The van der Waals surface area contributed by atoms with Gasteiger partial charge in [-0.3, -0.25) is 0 Å². The molecule has 0 unspecified atom stereocenters. The molecular weight excluding hydrogens is 250 g/mol. The largest absolute Gasteiger partial charge is 0.337 e. The van der Waals surface area contributed by atoms with E-state index in [9.17, 15) is 0 Å². The maximum absolute atomic E-state index is 4.51. The van der Waals surface area contributed by atoms with E-state index in [2.05, 4.69) is 37.3 Å². The molecule has 1 aliphatic heterocycles. The SMILES string of the molecule is Cc1nc(Nc2ccccc2)nc(N2CC=CCC2)n1. The van der Waals surface area contributed by atoms with Crippen molar-refractivity contribution in [3.63, 3.8) is 0 Å². The Bertz CT molecular complexity index is 609. The second-order valence-corrected chi connectivity index (χ2v) is 4.70. The number of hydrogen-bond donors (Lipinski definition) is 1. The fourth-order valence-corrected chi connectivity index (χ4v) is 2.14. The van der Waals surface area contributed by atoms with Gasteiger partial charge in [0.15, 0.2) is 0 Å². The lowest BCUT2D eigenvalue weighted by molar-refractivity contribution is 0.775. The van der Waals surface area contributed by atoms with Crippen LogP contribution in [-0.2, 0) is 0 Å². The molecule has 5 heteroatoms. The summed E-state index contributed by atoms with van der Waals surface area (Å²) in [4.78, 5) is 15.4. The van der Waals surface area contributed by atoms with Gasteiger partial charge in [0.05, 0.1) is 0 Å². The van der Waals surface area contributed by atoms with E-state index in [1.807, 2.05) is 37.3 Å². The lowest BCUT2D eigenvalue weighted by Gasteiger charge is -2.23. The minimum atomic E-state index is 0.591. The summed E-state index contributed by atoms with van der Waals surface area (Å²) < 4.78 is 0. The van der Waals surface area contributed by atoms with Crippen LogP contribution in [0.5, 0.6) is 0 Å². The highest BCUT2D eigenvalue weighted by atomic mass is 15.3. The van der Waals surface area contributed by atoms with Crippen molar-refractivity contribution in [3.8, 4) is 0 Å². The molecule has 1 aromatic carbocycles. The summed E-state index contributed by atoms with van der Waals surface area (Å²) in [5.41, 5.74) is 0.975. The molecule has 1 N–H and O–H groups in total. The molecule has 3 rings (SSSR count). The molecule has 0 spiro atoms. The topological polar surface area (TPSA) is 53.9 Å². The second kappa shape index (κ2) is 5.69. The molecule has 5 nitrogen and oxygen atoms in total. The molecule has 0 saturated heterocycles. The number of aromatic nitrogens is 3. The minimum Gasteiger partial charge on any atom is -0.337 e. The van der Waals surface area contributed by atoms with Gasteiger partial charge in [0.1, 0.15) is 5.82 Å². The van der Waals surface area contributed by atoms with Gasteiger partial charge in [-0.05, 0) is 25.5 Å². The average molecular weight is 267 g/mol. The van der Waals surface area contributed by atoms with E-state index in [1.165, 1.54) is 0 Å². The van der Waals surface area contributed by atoms with Gasteiger partial charge < -0.3 is 10.2 Å². The summed E-state index contributed by atoms with van der Waals surface area (Å²) in [6.45, 7) is 3.69. The summed E-state index contributed by atoms with van der Waals surface area (Å²) in [6.07, 6.45) is 5.37. The molecule has 1 aromatic heterocycles. The summed E-state index contributed by atoms with van der Waals surface area (Å²) in [6, 6.07) is 9.92. The highest BCUT2D eigenvalue weighted by molar-refractivity contribution is 5.54. The zero-order valence-corrected chi connectivity index (χ0v) is 11.5. The van der Waals surface area contributed by atoms with Crippen LogP contribution >= 0.6 is 0 Å². The Morgan fingerprint density at radius 2 is 1.90 bits per heavy atom. The molecule has 2 heterocycles. The molecule has 0 fully saturated rings. The zero-order valence-electron chi connectivity index (χ0n) is 11.5. The van der Waals surface area contributed by atoms with E-state index < -0.39 is 0 Å². The second-order valence-electron chi connectivity index (χ2n) is 4.70. The van der Waals surface area contributed by atoms with Gasteiger partial charge in [0, 0.05) is 18.8 Å². The van der Waals surface area contributed by atoms with E-state index in [0.717, 1.165) is 37.0 Å². The van der Waals surface area contributed by atoms with Gasteiger partial charge in [0.2, 0.25) is 11.9 Å². The van der Waals surface area contributed by atoms with Gasteiger partial charge >= 0.3 is 0 Å². The van der Waals surface area contributed by atoms with Crippen molar-refractivity contribution < 1.29 is 0 Å². The van der Waals surface area contributed by atoms with Crippen LogP contribution in [0, 0.1) is 6.92 Å². The number of rotatable bonds is 3. The Balaban J connectivity index is 1.84. The van der Waals surface area contributed by atoms with Gasteiger partial charge in [-0.15, -0.1) is 0 Å². The van der Waals surface area contributed by atoms with Crippen LogP contribution in [0.2, 0.25) is 0 Å². The highest BCUT2D eigenvalue weighted by Gasteiger charge is 2.12. The third kappa shape index (κ3) is 2.93. The Kier molecular flexibility index (Phi) is 3.58. The molecule has 2 aromatic rings. The van der Waals surface area contributed by atoms with Gasteiger partial charge in [0.25, 0.3) is 0 Å². The first-order valence-electron chi connectivity index (χ1n) is 6.76. The number of benzene rings is 1. The van der Waals surface area contributed by atoms with Crippen molar-refractivity contribution in [2.45, 2.75) is 13.3 Å². The van der Waals surface area contributed by atoms with E-state index >= 15 is 0 Å². The molecule has 0 radical (unpaired) electrons. The fraction of sp³-hybridized carbons (Fsp3) is 0.267. The molecule has 0 amide bonds. The Morgan fingerprint density at radius 3 is 2.65 bits per heavy atom. The average Bonchev–Trinajstić information content (AvgIpc) is 2.49. The van der Waals surface area contributed by atoms with Crippen molar-refractivity contribution in [3.05, 3.63) is 48.3 Å². The summed E-state index contributed by atoms with van der Waals surface area (Å²) >= 11 is 0. The number of hydrogen-bond acceptors (Lipinski definition) is 5. The number of nitrogens with one attached hydrogen (secondary N) is 1. The van der Waals surface area contributed by atoms with Crippen LogP contribution in [0.25, 0.3) is 0 Å². The van der Waals surface area contributed by atoms with E-state index in [0.29, 0.717) is 5.95 Å². The predicted molar refractivity (Wildman–Crippen MR) is 80.3 cm³/mol. The molecule has 0 aliphatic carbocycles. The van der Waals surface area contributed by atoms with Gasteiger partial charge in [-0.2, -0.15) is 15.0 Å². The van der Waals surface area contributed by atoms with Crippen molar-refractivity contribution in [1.29, 1.82) is 0 Å². The molecule has 102 valence electrons. The van der Waals surface area contributed by atoms with Crippen LogP contribution in [0.1, 0.15) is 12.2 Å². The molecule has 0 saturated carbocycles. The predicted octanol–water partition coefficient (Wildman–Crippen LogP) is 2.69. The van der Waals surface area contributed by atoms with E-state index in [1.54, 1.807) is 0 Å². The third-order valence-electron chi connectivity index (χ3n) is 3.11. The smallest absolute Gasteiger partial charge is 0.232 e. The summed E-state index contributed by atoms with van der Waals surface area (Å²) in [7, 11) is 0. The number of para-hydroxylation sites is 1. The van der Waals surface area contributed by atoms with Crippen molar-refractivity contribution in [1.82, 2.24) is 15.0 Å². The first-order valence-corrected chi connectivity index (χ1v) is 6.76. The number of nitrogens with zero attached hydrogens (tertiary/aromatic N) is 4. The maximum Gasteiger partial charge on any atom is 0.232 e. The van der Waals surface area contributed by atoms with Crippen molar-refractivity contribution in [2.24, 2.45) is 0 Å². The Hall–Kier alpha value is -2.43. The highest BCUT2D eigenvalue weighted by Crippen LogP contribution is 2.16.